The van der Waals surface area contributed by atoms with E-state index in [2.05, 4.69) is 15.8 Å². The summed E-state index contributed by atoms with van der Waals surface area (Å²) in [5.74, 6) is 2.40. The van der Waals surface area contributed by atoms with Crippen molar-refractivity contribution in [3.63, 3.8) is 0 Å². The van der Waals surface area contributed by atoms with Gasteiger partial charge in [-0.05, 0) is 49.4 Å². The lowest BCUT2D eigenvalue weighted by Gasteiger charge is -2.23. The lowest BCUT2D eigenvalue weighted by molar-refractivity contribution is 0.412. The Bertz CT molecular complexity index is 277. The normalized spacial score (nSPS) is 22.0. The molecule has 0 aromatic rings. The maximum Gasteiger partial charge on any atom is 0.187 e. The van der Waals surface area contributed by atoms with Crippen molar-refractivity contribution >= 4 is 34.8 Å². The number of thioether (sulfide) groups is 1. The second-order valence-electron chi connectivity index (χ2n) is 4.71. The van der Waals surface area contributed by atoms with Gasteiger partial charge in [0, 0.05) is 11.8 Å². The predicted octanol–water partition coefficient (Wildman–Crippen LogP) is 2.67. The van der Waals surface area contributed by atoms with Crippen LogP contribution in [0.2, 0.25) is 0 Å². The molecule has 0 unspecified atom stereocenters. The van der Waals surface area contributed by atoms with E-state index in [0.29, 0.717) is 11.2 Å². The smallest absolute Gasteiger partial charge is 0.187 e. The van der Waals surface area contributed by atoms with Gasteiger partial charge in [-0.3, -0.25) is 5.43 Å². The molecule has 1 saturated carbocycles. The fourth-order valence-corrected chi connectivity index (χ4v) is 3.49. The molecule has 17 heavy (non-hydrogen) atoms. The van der Waals surface area contributed by atoms with Gasteiger partial charge in [-0.1, -0.05) is 19.3 Å². The quantitative estimate of drug-likeness (QED) is 0.598. The maximum atomic E-state index is 5.27. The minimum atomic E-state index is 0.561. The standard InChI is InChI=1S/C12H21N3S2/c16-12(13-10-4-2-1-3-5-10)15-14-11-6-8-17-9-7-11/h10H,1-9H2,(H2,13,15,16). The predicted molar refractivity (Wildman–Crippen MR) is 79.7 cm³/mol. The molecule has 3 nitrogen and oxygen atoms in total. The van der Waals surface area contributed by atoms with Crippen LogP contribution in [-0.2, 0) is 0 Å². The Morgan fingerprint density at radius 1 is 1.18 bits per heavy atom. The van der Waals surface area contributed by atoms with Crippen LogP contribution < -0.4 is 10.7 Å². The average Bonchev–Trinajstić information content (AvgIpc) is 2.39. The van der Waals surface area contributed by atoms with Crippen molar-refractivity contribution in [2.45, 2.75) is 51.0 Å². The second-order valence-corrected chi connectivity index (χ2v) is 6.34. The number of nitrogens with one attached hydrogen (secondary N) is 2. The third kappa shape index (κ3) is 4.84. The zero-order chi connectivity index (χ0) is 11.9. The Labute approximate surface area is 113 Å². The molecule has 1 saturated heterocycles. The number of hydrogen-bond donors (Lipinski definition) is 2. The highest BCUT2D eigenvalue weighted by Gasteiger charge is 2.14. The molecular formula is C12H21N3S2. The molecule has 2 aliphatic rings. The first kappa shape index (κ1) is 13.1. The Balaban J connectivity index is 1.69. The van der Waals surface area contributed by atoms with Crippen LogP contribution in [0.5, 0.6) is 0 Å². The summed E-state index contributed by atoms with van der Waals surface area (Å²) in [6.45, 7) is 0. The topological polar surface area (TPSA) is 36.4 Å². The molecule has 0 radical (unpaired) electrons. The van der Waals surface area contributed by atoms with Crippen molar-refractivity contribution in [1.82, 2.24) is 10.7 Å². The minimum Gasteiger partial charge on any atom is -0.359 e. The number of hydrogen-bond acceptors (Lipinski definition) is 3. The van der Waals surface area contributed by atoms with E-state index in [1.54, 1.807) is 0 Å². The third-order valence-corrected chi connectivity index (χ3v) is 4.52. The summed E-state index contributed by atoms with van der Waals surface area (Å²) in [6, 6.07) is 0.561. The minimum absolute atomic E-state index is 0.561. The molecule has 2 N–H and O–H groups in total. The van der Waals surface area contributed by atoms with Gasteiger partial charge in [0.25, 0.3) is 0 Å². The first-order valence-corrected chi connectivity index (χ1v) is 8.10. The van der Waals surface area contributed by atoms with Crippen molar-refractivity contribution in [1.29, 1.82) is 0 Å². The largest absolute Gasteiger partial charge is 0.359 e. The van der Waals surface area contributed by atoms with Crippen LogP contribution in [0.3, 0.4) is 0 Å². The molecule has 1 aliphatic carbocycles. The van der Waals surface area contributed by atoms with E-state index in [9.17, 15) is 0 Å². The summed E-state index contributed by atoms with van der Waals surface area (Å²) in [7, 11) is 0. The Hall–Kier alpha value is -0.290. The molecule has 96 valence electrons. The highest BCUT2D eigenvalue weighted by Crippen LogP contribution is 2.17. The molecule has 0 bridgehead atoms. The SMILES string of the molecule is S=C(NN=C1CCSCC1)NC1CCCCC1. The van der Waals surface area contributed by atoms with Crippen LogP contribution in [0, 0.1) is 0 Å². The summed E-state index contributed by atoms with van der Waals surface area (Å²) in [5, 5.41) is 8.46. The van der Waals surface area contributed by atoms with Crippen LogP contribution in [-0.4, -0.2) is 28.4 Å². The molecule has 1 aliphatic heterocycles. The Morgan fingerprint density at radius 2 is 1.88 bits per heavy atom. The zero-order valence-electron chi connectivity index (χ0n) is 10.2. The van der Waals surface area contributed by atoms with E-state index in [1.807, 2.05) is 11.8 Å². The molecule has 0 aromatic carbocycles. The van der Waals surface area contributed by atoms with Crippen molar-refractivity contribution in [3.05, 3.63) is 0 Å². The molecular weight excluding hydrogens is 250 g/mol. The molecule has 2 rings (SSSR count). The van der Waals surface area contributed by atoms with Crippen molar-refractivity contribution < 1.29 is 0 Å². The second kappa shape index (κ2) is 7.21. The van der Waals surface area contributed by atoms with Gasteiger partial charge >= 0.3 is 0 Å². The fourth-order valence-electron chi connectivity index (χ4n) is 2.31. The van der Waals surface area contributed by atoms with Gasteiger partial charge < -0.3 is 5.32 Å². The third-order valence-electron chi connectivity index (χ3n) is 3.33. The molecule has 2 fully saturated rings. The molecule has 1 heterocycles. The van der Waals surface area contributed by atoms with Gasteiger partial charge in [-0.2, -0.15) is 16.9 Å². The van der Waals surface area contributed by atoms with Gasteiger partial charge in [0.15, 0.2) is 5.11 Å². The molecule has 0 atom stereocenters. The lowest BCUT2D eigenvalue weighted by Crippen LogP contribution is -2.41. The van der Waals surface area contributed by atoms with Gasteiger partial charge in [0.1, 0.15) is 0 Å². The summed E-state index contributed by atoms with van der Waals surface area (Å²) >= 11 is 7.27. The summed E-state index contributed by atoms with van der Waals surface area (Å²) in [4.78, 5) is 0. The Kier molecular flexibility index (Phi) is 5.58. The molecule has 0 spiro atoms. The van der Waals surface area contributed by atoms with Crippen LogP contribution >= 0.6 is 24.0 Å². The van der Waals surface area contributed by atoms with Crippen LogP contribution in [0.4, 0.5) is 0 Å². The van der Waals surface area contributed by atoms with Gasteiger partial charge in [0.05, 0.1) is 0 Å². The summed E-state index contributed by atoms with van der Waals surface area (Å²) in [6.07, 6.45) is 8.72. The molecule has 0 aromatic heterocycles. The number of rotatable bonds is 2. The summed E-state index contributed by atoms with van der Waals surface area (Å²) < 4.78 is 0. The van der Waals surface area contributed by atoms with Crippen molar-refractivity contribution in [2.24, 2.45) is 5.10 Å². The van der Waals surface area contributed by atoms with Crippen molar-refractivity contribution in [2.75, 3.05) is 11.5 Å². The monoisotopic (exact) mass is 271 g/mol. The number of hydrazone groups is 1. The molecule has 0 amide bonds. The number of nitrogens with zero attached hydrogens (tertiary/aromatic N) is 1. The summed E-state index contributed by atoms with van der Waals surface area (Å²) in [5.41, 5.74) is 4.26. The molecule has 5 heteroatoms. The van der Waals surface area contributed by atoms with Crippen LogP contribution in [0.15, 0.2) is 5.10 Å². The van der Waals surface area contributed by atoms with E-state index < -0.39 is 0 Å². The van der Waals surface area contributed by atoms with Gasteiger partial charge in [0.2, 0.25) is 0 Å². The lowest BCUT2D eigenvalue weighted by atomic mass is 9.96. The highest BCUT2D eigenvalue weighted by atomic mass is 32.2. The van der Waals surface area contributed by atoms with E-state index >= 15 is 0 Å². The highest BCUT2D eigenvalue weighted by molar-refractivity contribution is 7.99. The van der Waals surface area contributed by atoms with E-state index in [0.717, 1.165) is 12.8 Å². The first-order chi connectivity index (χ1) is 8.34. The maximum absolute atomic E-state index is 5.27. The average molecular weight is 271 g/mol. The zero-order valence-corrected chi connectivity index (χ0v) is 11.8. The number of thiocarbonyl (C=S) groups is 1. The Morgan fingerprint density at radius 3 is 2.59 bits per heavy atom. The van der Waals surface area contributed by atoms with Crippen LogP contribution in [0.25, 0.3) is 0 Å². The van der Waals surface area contributed by atoms with Crippen molar-refractivity contribution in [3.8, 4) is 0 Å². The van der Waals surface area contributed by atoms with E-state index in [-0.39, 0.29) is 0 Å². The van der Waals surface area contributed by atoms with Gasteiger partial charge in [-0.15, -0.1) is 0 Å². The van der Waals surface area contributed by atoms with E-state index in [1.165, 1.54) is 49.3 Å². The van der Waals surface area contributed by atoms with E-state index in [4.69, 9.17) is 12.2 Å². The van der Waals surface area contributed by atoms with Crippen LogP contribution in [0.1, 0.15) is 44.9 Å². The van der Waals surface area contributed by atoms with Gasteiger partial charge in [-0.25, -0.2) is 0 Å². The first-order valence-electron chi connectivity index (χ1n) is 6.54. The fraction of sp³-hybridized carbons (Fsp3) is 0.833.